The maximum absolute atomic E-state index is 14.5. The van der Waals surface area contributed by atoms with E-state index in [9.17, 15) is 14.4 Å². The van der Waals surface area contributed by atoms with Gasteiger partial charge in [-0.3, -0.25) is 14.4 Å². The van der Waals surface area contributed by atoms with Gasteiger partial charge in [-0.15, -0.1) is 0 Å². The number of benzene rings is 1. The second kappa shape index (κ2) is 10.6. The van der Waals surface area contributed by atoms with E-state index < -0.39 is 30.0 Å². The number of nitrogens with one attached hydrogen (secondary N) is 1. The summed E-state index contributed by atoms with van der Waals surface area (Å²) in [5, 5.41) is 3.56. The number of piperazine rings is 1. The third-order valence-corrected chi connectivity index (χ3v) is 9.84. The summed E-state index contributed by atoms with van der Waals surface area (Å²) in [5.74, 6) is -0.521. The Kier molecular flexibility index (Phi) is 7.18. The van der Waals surface area contributed by atoms with Crippen molar-refractivity contribution >= 4 is 23.3 Å². The molecule has 5 atom stereocenters. The Morgan fingerprint density at radius 2 is 1.87 bits per heavy atom. The number of ketones is 1. The van der Waals surface area contributed by atoms with Crippen LogP contribution >= 0.6 is 0 Å². The van der Waals surface area contributed by atoms with Gasteiger partial charge >= 0.3 is 0 Å². The number of amides is 2. The molecule has 5 fully saturated rings. The Morgan fingerprint density at radius 1 is 1.08 bits per heavy atom. The molecule has 0 spiro atoms. The van der Waals surface area contributed by atoms with Crippen LogP contribution in [0.1, 0.15) is 73.2 Å². The van der Waals surface area contributed by atoms with Gasteiger partial charge in [-0.2, -0.15) is 0 Å². The van der Waals surface area contributed by atoms with E-state index in [1.807, 2.05) is 12.1 Å². The van der Waals surface area contributed by atoms with Crippen molar-refractivity contribution in [3.05, 3.63) is 29.3 Å². The van der Waals surface area contributed by atoms with E-state index in [1.165, 1.54) is 19.3 Å². The highest BCUT2D eigenvalue weighted by Crippen LogP contribution is 2.43. The van der Waals surface area contributed by atoms with Crippen molar-refractivity contribution in [2.24, 2.45) is 23.3 Å². The lowest BCUT2D eigenvalue weighted by molar-refractivity contribution is -0.139. The molecule has 0 radical (unpaired) electrons. The Bertz CT molecular complexity index is 1080. The van der Waals surface area contributed by atoms with Gasteiger partial charge in [0.05, 0.1) is 12.0 Å². The summed E-state index contributed by atoms with van der Waals surface area (Å²) >= 11 is 0. The van der Waals surface area contributed by atoms with Crippen molar-refractivity contribution in [2.45, 2.75) is 81.5 Å². The maximum atomic E-state index is 14.5. The highest BCUT2D eigenvalue weighted by molar-refractivity contribution is 5.99. The van der Waals surface area contributed by atoms with E-state index in [-0.39, 0.29) is 30.8 Å². The normalized spacial score (nSPS) is 31.2. The molecular weight excluding hydrogens is 482 g/mol. The SMILES string of the molecule is NC(=O)c1ccc(N2CCNCC2C2CCC2)cc1[C@@H](C(=O)N1C[C@H](N)[C@H]2OCC(=O)[C@H]21)C1CCCCC1. The van der Waals surface area contributed by atoms with Crippen LogP contribution in [0.5, 0.6) is 0 Å². The number of carbonyl (C=O) groups is 3. The number of anilines is 1. The Labute approximate surface area is 224 Å². The highest BCUT2D eigenvalue weighted by Gasteiger charge is 2.53. The number of Topliss-reactive ketones (excluding diaryl/α,β-unsaturated/α-hetero) is 1. The van der Waals surface area contributed by atoms with Crippen LogP contribution in [0.4, 0.5) is 5.69 Å². The number of primary amides is 1. The summed E-state index contributed by atoms with van der Waals surface area (Å²) in [7, 11) is 0. The number of nitrogens with zero attached hydrogens (tertiary/aromatic N) is 2. The molecule has 2 saturated carbocycles. The fourth-order valence-electron chi connectivity index (χ4n) is 7.66. The number of rotatable bonds is 6. The minimum atomic E-state index is -0.639. The van der Waals surface area contributed by atoms with E-state index in [4.69, 9.17) is 16.2 Å². The number of ether oxygens (including phenoxy) is 1. The minimum absolute atomic E-state index is 0.00548. The predicted octanol–water partition coefficient (Wildman–Crippen LogP) is 1.53. The van der Waals surface area contributed by atoms with Gasteiger partial charge in [0.1, 0.15) is 18.8 Å². The Balaban J connectivity index is 1.40. The molecule has 0 aromatic heterocycles. The average molecular weight is 524 g/mol. The van der Waals surface area contributed by atoms with Crippen molar-refractivity contribution in [3.8, 4) is 0 Å². The third kappa shape index (κ3) is 4.52. The van der Waals surface area contributed by atoms with Gasteiger partial charge in [0, 0.05) is 43.5 Å². The molecule has 1 unspecified atom stereocenters. The van der Waals surface area contributed by atoms with Crippen molar-refractivity contribution < 1.29 is 19.1 Å². The first kappa shape index (κ1) is 25.8. The fraction of sp³-hybridized carbons (Fsp3) is 0.690. The minimum Gasteiger partial charge on any atom is -0.366 e. The van der Waals surface area contributed by atoms with Crippen molar-refractivity contribution in [1.29, 1.82) is 0 Å². The molecule has 5 aliphatic rings. The first-order valence-electron chi connectivity index (χ1n) is 14.6. The van der Waals surface area contributed by atoms with Gasteiger partial charge in [0.25, 0.3) is 0 Å². The lowest BCUT2D eigenvalue weighted by Gasteiger charge is -2.46. The monoisotopic (exact) mass is 523 g/mol. The summed E-state index contributed by atoms with van der Waals surface area (Å²) in [6, 6.07) is 5.25. The summed E-state index contributed by atoms with van der Waals surface area (Å²) in [4.78, 5) is 44.1. The molecule has 3 saturated heterocycles. The third-order valence-electron chi connectivity index (χ3n) is 9.84. The molecule has 1 aromatic carbocycles. The van der Waals surface area contributed by atoms with Gasteiger partial charge in [0.15, 0.2) is 5.78 Å². The Morgan fingerprint density at radius 3 is 2.58 bits per heavy atom. The molecule has 0 bridgehead atoms. The van der Waals surface area contributed by atoms with E-state index in [0.29, 0.717) is 23.1 Å². The number of nitrogens with two attached hydrogens (primary N) is 2. The highest BCUT2D eigenvalue weighted by atomic mass is 16.5. The number of likely N-dealkylation sites (tertiary alicyclic amines) is 1. The van der Waals surface area contributed by atoms with Crippen LogP contribution in [0.25, 0.3) is 0 Å². The number of hydrogen-bond donors (Lipinski definition) is 3. The largest absolute Gasteiger partial charge is 0.366 e. The summed E-state index contributed by atoms with van der Waals surface area (Å²) < 4.78 is 5.67. The smallest absolute Gasteiger partial charge is 0.249 e. The number of carbonyl (C=O) groups excluding carboxylic acids is 3. The molecule has 2 aliphatic carbocycles. The molecule has 2 amide bonds. The molecule has 6 rings (SSSR count). The van der Waals surface area contributed by atoms with Crippen molar-refractivity contribution in [1.82, 2.24) is 10.2 Å². The second-order valence-corrected chi connectivity index (χ2v) is 12.0. The Hall–Kier alpha value is -2.49. The van der Waals surface area contributed by atoms with E-state index in [0.717, 1.165) is 57.4 Å². The van der Waals surface area contributed by atoms with E-state index in [2.05, 4.69) is 16.3 Å². The predicted molar refractivity (Wildman–Crippen MR) is 144 cm³/mol. The van der Waals surface area contributed by atoms with Crippen LogP contribution in [0, 0.1) is 11.8 Å². The average Bonchev–Trinajstić information content (AvgIpc) is 3.44. The number of fused-ring (bicyclic) bond motifs is 1. The lowest BCUT2D eigenvalue weighted by Crippen LogP contribution is -2.56. The molecular formula is C29H41N5O4. The van der Waals surface area contributed by atoms with Gasteiger partial charge < -0.3 is 31.3 Å². The standard InChI is InChI=1S/C29H41N5O4/c30-22-15-34(26-24(35)16-38-27(22)26)29(37)25(18-5-2-1-3-6-18)21-13-19(9-10-20(21)28(31)36)33-12-11-32-14-23(33)17-7-4-8-17/h9-10,13,17-18,22-23,25-27,32H,1-8,11-12,14-16,30H2,(H2,31,36)/t22-,23?,25-,26+,27+/m0/s1. The fourth-order valence-corrected chi connectivity index (χ4v) is 7.66. The summed E-state index contributed by atoms with van der Waals surface area (Å²) in [6.07, 6.45) is 8.38. The molecule has 9 heteroatoms. The molecule has 9 nitrogen and oxygen atoms in total. The van der Waals surface area contributed by atoms with Crippen molar-refractivity contribution in [2.75, 3.05) is 37.7 Å². The summed E-state index contributed by atoms with van der Waals surface area (Å²) in [6.45, 7) is 3.01. The van der Waals surface area contributed by atoms with Crippen LogP contribution in [0.15, 0.2) is 18.2 Å². The van der Waals surface area contributed by atoms with Crippen LogP contribution in [-0.4, -0.2) is 79.5 Å². The second-order valence-electron chi connectivity index (χ2n) is 12.0. The molecule has 3 aliphatic heterocycles. The van der Waals surface area contributed by atoms with Crippen LogP contribution in [0.2, 0.25) is 0 Å². The van der Waals surface area contributed by atoms with Gasteiger partial charge in [-0.05, 0) is 61.3 Å². The topological polar surface area (TPSA) is 131 Å². The van der Waals surface area contributed by atoms with Crippen LogP contribution < -0.4 is 21.7 Å². The zero-order valence-corrected chi connectivity index (χ0v) is 22.1. The van der Waals surface area contributed by atoms with E-state index >= 15 is 0 Å². The zero-order chi connectivity index (χ0) is 26.4. The first-order valence-corrected chi connectivity index (χ1v) is 14.6. The molecule has 38 heavy (non-hydrogen) atoms. The quantitative estimate of drug-likeness (QED) is 0.515. The van der Waals surface area contributed by atoms with Crippen LogP contribution in [0.3, 0.4) is 0 Å². The molecule has 206 valence electrons. The van der Waals surface area contributed by atoms with Crippen LogP contribution in [-0.2, 0) is 14.3 Å². The number of hydrogen-bond acceptors (Lipinski definition) is 7. The van der Waals surface area contributed by atoms with Gasteiger partial charge in [0.2, 0.25) is 11.8 Å². The summed E-state index contributed by atoms with van der Waals surface area (Å²) in [5.41, 5.74) is 14.4. The molecule has 3 heterocycles. The van der Waals surface area contributed by atoms with Gasteiger partial charge in [-0.1, -0.05) is 25.7 Å². The molecule has 5 N–H and O–H groups in total. The maximum Gasteiger partial charge on any atom is 0.249 e. The van der Waals surface area contributed by atoms with Gasteiger partial charge in [-0.25, -0.2) is 0 Å². The van der Waals surface area contributed by atoms with Crippen molar-refractivity contribution in [3.63, 3.8) is 0 Å². The lowest BCUT2D eigenvalue weighted by atomic mass is 9.74. The van der Waals surface area contributed by atoms with E-state index in [1.54, 1.807) is 4.90 Å². The first-order chi connectivity index (χ1) is 18.4. The zero-order valence-electron chi connectivity index (χ0n) is 22.1. The molecule has 1 aromatic rings.